The Hall–Kier alpha value is -2.81. The minimum Gasteiger partial charge on any atom is -0.345 e. The first-order valence-corrected chi connectivity index (χ1v) is 11.0. The van der Waals surface area contributed by atoms with Gasteiger partial charge in [-0.15, -0.1) is 0 Å². The largest absolute Gasteiger partial charge is 0.345 e. The highest BCUT2D eigenvalue weighted by Gasteiger charge is 2.23. The molecule has 1 aromatic heterocycles. The van der Waals surface area contributed by atoms with E-state index >= 15 is 0 Å². The molecule has 0 aliphatic carbocycles. The van der Waals surface area contributed by atoms with E-state index in [1.807, 2.05) is 18.2 Å². The van der Waals surface area contributed by atoms with Gasteiger partial charge in [0.25, 0.3) is 0 Å². The fraction of sp³-hybridized carbons (Fsp3) is 0.370. The first-order valence-electron chi connectivity index (χ1n) is 11.0. The molecule has 0 saturated carbocycles. The molecule has 1 amide bonds. The van der Waals surface area contributed by atoms with Gasteiger partial charge in [-0.05, 0) is 49.4 Å². The van der Waals surface area contributed by atoms with Gasteiger partial charge < -0.3 is 9.47 Å². The lowest BCUT2D eigenvalue weighted by Crippen LogP contribution is -2.41. The Bertz CT molecular complexity index is 942. The highest BCUT2D eigenvalue weighted by atomic mass is 16.2. The van der Waals surface area contributed by atoms with E-state index in [0.717, 1.165) is 13.0 Å². The molecule has 0 aliphatic rings. The molecule has 3 nitrogen and oxygen atoms in total. The van der Waals surface area contributed by atoms with Crippen molar-refractivity contribution in [1.82, 2.24) is 9.47 Å². The zero-order valence-corrected chi connectivity index (χ0v) is 18.7. The van der Waals surface area contributed by atoms with Crippen molar-refractivity contribution in [1.29, 1.82) is 0 Å². The number of hydrogen-bond donors (Lipinski definition) is 0. The highest BCUT2D eigenvalue weighted by Crippen LogP contribution is 2.19. The van der Waals surface area contributed by atoms with Crippen molar-refractivity contribution >= 4 is 5.91 Å². The lowest BCUT2D eigenvalue weighted by molar-refractivity contribution is -0.134. The van der Waals surface area contributed by atoms with Crippen LogP contribution in [0.4, 0.5) is 0 Å². The predicted molar refractivity (Wildman–Crippen MR) is 124 cm³/mol. The van der Waals surface area contributed by atoms with Crippen LogP contribution in [0.25, 0.3) is 0 Å². The van der Waals surface area contributed by atoms with Crippen molar-refractivity contribution < 1.29 is 4.79 Å². The predicted octanol–water partition coefficient (Wildman–Crippen LogP) is 5.85. The van der Waals surface area contributed by atoms with Gasteiger partial charge in [-0.1, -0.05) is 74.0 Å². The number of nitrogens with zero attached hydrogens (tertiary/aromatic N) is 2. The van der Waals surface area contributed by atoms with E-state index in [-0.39, 0.29) is 11.9 Å². The van der Waals surface area contributed by atoms with Crippen molar-refractivity contribution in [2.24, 2.45) is 5.92 Å². The molecule has 2 aromatic carbocycles. The Balaban J connectivity index is 1.74. The molecule has 0 saturated heterocycles. The van der Waals surface area contributed by atoms with Crippen molar-refractivity contribution in [2.75, 3.05) is 0 Å². The van der Waals surface area contributed by atoms with E-state index in [4.69, 9.17) is 0 Å². The van der Waals surface area contributed by atoms with Gasteiger partial charge in [-0.25, -0.2) is 0 Å². The van der Waals surface area contributed by atoms with E-state index in [1.54, 1.807) is 0 Å². The summed E-state index contributed by atoms with van der Waals surface area (Å²) in [4.78, 5) is 15.3. The normalized spacial score (nSPS) is 12.2. The molecule has 30 heavy (non-hydrogen) atoms. The first kappa shape index (κ1) is 21.9. The summed E-state index contributed by atoms with van der Waals surface area (Å²) in [7, 11) is 0. The Morgan fingerprint density at radius 2 is 1.67 bits per heavy atom. The lowest BCUT2D eigenvalue weighted by atomic mass is 10.0. The van der Waals surface area contributed by atoms with Crippen molar-refractivity contribution in [3.63, 3.8) is 0 Å². The summed E-state index contributed by atoms with van der Waals surface area (Å²) >= 11 is 0. The number of benzene rings is 2. The lowest BCUT2D eigenvalue weighted by Gasteiger charge is -2.32. The molecule has 3 heteroatoms. The molecule has 1 heterocycles. The highest BCUT2D eigenvalue weighted by molar-refractivity contribution is 5.76. The van der Waals surface area contributed by atoms with Crippen LogP contribution in [-0.4, -0.2) is 21.4 Å². The fourth-order valence-corrected chi connectivity index (χ4v) is 3.79. The summed E-state index contributed by atoms with van der Waals surface area (Å²) in [6.45, 7) is 10.1. The third-order valence-electron chi connectivity index (χ3n) is 5.94. The van der Waals surface area contributed by atoms with Crippen LogP contribution < -0.4 is 0 Å². The molecule has 0 unspecified atom stereocenters. The molecular weight excluding hydrogens is 368 g/mol. The molecular formula is C27H34N2O. The number of carbonyl (C=O) groups excluding carboxylic acids is 1. The van der Waals surface area contributed by atoms with Crippen molar-refractivity contribution in [2.45, 2.75) is 59.7 Å². The Kier molecular flexibility index (Phi) is 7.51. The fourth-order valence-electron chi connectivity index (χ4n) is 3.79. The molecule has 0 aliphatic heterocycles. The standard InChI is InChI=1S/C27H34N2O/c1-21(2)23(4)29(27(30)16-15-24-11-6-5-7-12-24)20-26-14-9-17-28(26)19-25-13-8-10-22(3)18-25/h5-14,17-18,21,23H,15-16,19-20H2,1-4H3/t23-/m1/s1. The molecule has 0 fully saturated rings. The molecule has 3 rings (SSSR count). The van der Waals surface area contributed by atoms with Crippen LogP contribution in [0.1, 0.15) is 49.6 Å². The maximum atomic E-state index is 13.2. The zero-order valence-electron chi connectivity index (χ0n) is 18.7. The molecule has 3 aromatic rings. The number of carbonyl (C=O) groups is 1. The second kappa shape index (κ2) is 10.3. The van der Waals surface area contributed by atoms with Gasteiger partial charge in [0.05, 0.1) is 6.54 Å². The van der Waals surface area contributed by atoms with Gasteiger partial charge >= 0.3 is 0 Å². The Morgan fingerprint density at radius 3 is 2.37 bits per heavy atom. The summed E-state index contributed by atoms with van der Waals surface area (Å²) in [5.74, 6) is 0.634. The van der Waals surface area contributed by atoms with Crippen LogP contribution >= 0.6 is 0 Å². The van der Waals surface area contributed by atoms with E-state index in [9.17, 15) is 4.79 Å². The summed E-state index contributed by atoms with van der Waals surface area (Å²) in [6, 6.07) is 23.3. The second-order valence-electron chi connectivity index (χ2n) is 8.61. The third-order valence-corrected chi connectivity index (χ3v) is 5.94. The van der Waals surface area contributed by atoms with Gasteiger partial charge in [-0.2, -0.15) is 0 Å². The van der Waals surface area contributed by atoms with Crippen LogP contribution in [0.2, 0.25) is 0 Å². The van der Waals surface area contributed by atoms with E-state index in [2.05, 4.69) is 91.9 Å². The van der Waals surface area contributed by atoms with Crippen molar-refractivity contribution in [3.05, 3.63) is 95.3 Å². The van der Waals surface area contributed by atoms with Gasteiger partial charge in [0.1, 0.15) is 0 Å². The molecule has 0 bridgehead atoms. The maximum Gasteiger partial charge on any atom is 0.223 e. The number of rotatable bonds is 9. The van der Waals surface area contributed by atoms with Crippen LogP contribution in [0, 0.1) is 12.8 Å². The van der Waals surface area contributed by atoms with Gasteiger partial charge in [0.2, 0.25) is 5.91 Å². The van der Waals surface area contributed by atoms with Gasteiger partial charge in [-0.3, -0.25) is 4.79 Å². The molecule has 0 N–H and O–H groups in total. The van der Waals surface area contributed by atoms with E-state index < -0.39 is 0 Å². The zero-order chi connectivity index (χ0) is 21.5. The molecule has 0 spiro atoms. The maximum absolute atomic E-state index is 13.2. The Morgan fingerprint density at radius 1 is 0.933 bits per heavy atom. The number of aromatic nitrogens is 1. The minimum absolute atomic E-state index is 0.190. The molecule has 1 atom stereocenters. The van der Waals surface area contributed by atoms with Crippen LogP contribution in [-0.2, 0) is 24.3 Å². The number of aryl methyl sites for hydroxylation is 2. The summed E-state index contributed by atoms with van der Waals surface area (Å²) in [5.41, 5.74) is 4.95. The smallest absolute Gasteiger partial charge is 0.223 e. The monoisotopic (exact) mass is 402 g/mol. The molecule has 0 radical (unpaired) electrons. The van der Waals surface area contributed by atoms with E-state index in [0.29, 0.717) is 18.9 Å². The van der Waals surface area contributed by atoms with Crippen LogP contribution in [0.3, 0.4) is 0 Å². The minimum atomic E-state index is 0.190. The van der Waals surface area contributed by atoms with Crippen LogP contribution in [0.5, 0.6) is 0 Å². The molecule has 158 valence electrons. The van der Waals surface area contributed by atoms with Gasteiger partial charge in [0.15, 0.2) is 0 Å². The number of amides is 1. The first-order chi connectivity index (χ1) is 14.4. The average Bonchev–Trinajstić information content (AvgIpc) is 3.17. The SMILES string of the molecule is Cc1cccc(Cn2cccc2CN(C(=O)CCc2ccccc2)[C@H](C)C(C)C)c1. The topological polar surface area (TPSA) is 25.2 Å². The number of hydrogen-bond acceptors (Lipinski definition) is 1. The quantitative estimate of drug-likeness (QED) is 0.441. The second-order valence-corrected chi connectivity index (χ2v) is 8.61. The summed E-state index contributed by atoms with van der Waals surface area (Å²) < 4.78 is 2.26. The summed E-state index contributed by atoms with van der Waals surface area (Å²) in [5, 5.41) is 0. The third kappa shape index (κ3) is 5.85. The van der Waals surface area contributed by atoms with E-state index in [1.165, 1.54) is 22.4 Å². The average molecular weight is 403 g/mol. The van der Waals surface area contributed by atoms with Crippen LogP contribution in [0.15, 0.2) is 72.9 Å². The summed E-state index contributed by atoms with van der Waals surface area (Å²) in [6.07, 6.45) is 3.44. The van der Waals surface area contributed by atoms with Crippen molar-refractivity contribution in [3.8, 4) is 0 Å². The Labute approximate surface area is 181 Å². The van der Waals surface area contributed by atoms with Gasteiger partial charge in [0, 0.05) is 30.9 Å².